The highest BCUT2D eigenvalue weighted by molar-refractivity contribution is 8.00. The molecule has 0 bridgehead atoms. The highest BCUT2D eigenvalue weighted by atomic mass is 32.2. The Bertz CT molecular complexity index is 1120. The number of aromatic nitrogens is 4. The maximum absolute atomic E-state index is 12.7. The molecule has 0 aliphatic heterocycles. The summed E-state index contributed by atoms with van der Waals surface area (Å²) < 4.78 is 2.05. The number of rotatable bonds is 8. The molecule has 0 spiro atoms. The molecule has 0 fully saturated rings. The summed E-state index contributed by atoms with van der Waals surface area (Å²) in [6, 6.07) is 23.9. The third kappa shape index (κ3) is 5.38. The van der Waals surface area contributed by atoms with Crippen molar-refractivity contribution in [3.05, 3.63) is 96.3 Å². The minimum atomic E-state index is -0.312. The van der Waals surface area contributed by atoms with Gasteiger partial charge in [-0.3, -0.25) is 14.3 Å². The summed E-state index contributed by atoms with van der Waals surface area (Å²) in [4.78, 5) is 16.8. The molecule has 0 saturated carbocycles. The Labute approximate surface area is 185 Å². The van der Waals surface area contributed by atoms with Gasteiger partial charge < -0.3 is 5.32 Å². The van der Waals surface area contributed by atoms with E-state index in [1.54, 1.807) is 12.4 Å². The molecule has 31 heavy (non-hydrogen) atoms. The van der Waals surface area contributed by atoms with E-state index in [0.717, 1.165) is 22.5 Å². The summed E-state index contributed by atoms with van der Waals surface area (Å²) in [6.07, 6.45) is 3.48. The maximum Gasteiger partial charge on any atom is 0.233 e. The summed E-state index contributed by atoms with van der Waals surface area (Å²) in [6.45, 7) is 3.01. The summed E-state index contributed by atoms with van der Waals surface area (Å²) in [5, 5.41) is 12.2. The Hall–Kier alpha value is -3.45. The number of pyridine rings is 1. The van der Waals surface area contributed by atoms with Crippen LogP contribution in [0.5, 0.6) is 0 Å². The predicted octanol–water partition coefficient (Wildman–Crippen LogP) is 4.19. The normalized spacial score (nSPS) is 11.8. The predicted molar refractivity (Wildman–Crippen MR) is 122 cm³/mol. The van der Waals surface area contributed by atoms with Crippen molar-refractivity contribution < 1.29 is 4.79 Å². The SMILES string of the molecule is CC(Sc1nnc(-c2ccncc2)n1Cc1ccccc1)C(=O)NCc1ccccc1. The first kappa shape index (κ1) is 20.8. The van der Waals surface area contributed by atoms with Crippen molar-refractivity contribution in [1.82, 2.24) is 25.1 Å². The van der Waals surface area contributed by atoms with Crippen LogP contribution in [0.3, 0.4) is 0 Å². The lowest BCUT2D eigenvalue weighted by atomic mass is 10.2. The minimum absolute atomic E-state index is 0.0337. The molecule has 4 rings (SSSR count). The van der Waals surface area contributed by atoms with Crippen molar-refractivity contribution in [3.63, 3.8) is 0 Å². The Morgan fingerprint density at radius 2 is 1.58 bits per heavy atom. The summed E-state index contributed by atoms with van der Waals surface area (Å²) in [7, 11) is 0. The van der Waals surface area contributed by atoms with Gasteiger partial charge in [0.25, 0.3) is 0 Å². The molecule has 1 atom stereocenters. The van der Waals surface area contributed by atoms with Gasteiger partial charge in [-0.25, -0.2) is 0 Å². The Balaban J connectivity index is 1.53. The Morgan fingerprint density at radius 3 is 2.26 bits per heavy atom. The summed E-state index contributed by atoms with van der Waals surface area (Å²) in [5.74, 6) is 0.722. The first-order valence-corrected chi connectivity index (χ1v) is 10.9. The first-order chi connectivity index (χ1) is 15.2. The molecule has 0 aliphatic rings. The lowest BCUT2D eigenvalue weighted by Gasteiger charge is -2.14. The standard InChI is InChI=1S/C24H23N5OS/c1-18(23(30)26-16-19-8-4-2-5-9-19)31-24-28-27-22(21-12-14-25-15-13-21)29(24)17-20-10-6-3-7-11-20/h2-15,18H,16-17H2,1H3,(H,26,30). The van der Waals surface area contributed by atoms with Crippen molar-refractivity contribution in [3.8, 4) is 11.4 Å². The van der Waals surface area contributed by atoms with E-state index in [1.807, 2.05) is 67.6 Å². The van der Waals surface area contributed by atoms with Gasteiger partial charge in [0.1, 0.15) is 0 Å². The Morgan fingerprint density at radius 1 is 0.935 bits per heavy atom. The van der Waals surface area contributed by atoms with Gasteiger partial charge in [-0.05, 0) is 30.2 Å². The number of thioether (sulfide) groups is 1. The smallest absolute Gasteiger partial charge is 0.233 e. The van der Waals surface area contributed by atoms with Gasteiger partial charge in [-0.1, -0.05) is 72.4 Å². The monoisotopic (exact) mass is 429 g/mol. The molecule has 2 heterocycles. The van der Waals surface area contributed by atoms with Crippen LogP contribution in [0.4, 0.5) is 0 Å². The molecule has 1 amide bonds. The second-order valence-corrected chi connectivity index (χ2v) is 8.39. The van der Waals surface area contributed by atoms with Gasteiger partial charge in [0, 0.05) is 24.5 Å². The van der Waals surface area contributed by atoms with Gasteiger partial charge >= 0.3 is 0 Å². The van der Waals surface area contributed by atoms with E-state index in [-0.39, 0.29) is 11.2 Å². The average Bonchev–Trinajstić information content (AvgIpc) is 3.21. The second kappa shape index (κ2) is 10.0. The van der Waals surface area contributed by atoms with E-state index >= 15 is 0 Å². The molecule has 2 aromatic carbocycles. The van der Waals surface area contributed by atoms with Crippen molar-refractivity contribution in [2.75, 3.05) is 0 Å². The Kier molecular flexibility index (Phi) is 6.74. The molecule has 4 aromatic rings. The maximum atomic E-state index is 12.7. The number of nitrogens with one attached hydrogen (secondary N) is 1. The van der Waals surface area contributed by atoms with E-state index < -0.39 is 0 Å². The number of nitrogens with zero attached hydrogens (tertiary/aromatic N) is 4. The van der Waals surface area contributed by atoms with Crippen LogP contribution in [0.1, 0.15) is 18.1 Å². The summed E-state index contributed by atoms with van der Waals surface area (Å²) in [5.41, 5.74) is 3.15. The van der Waals surface area contributed by atoms with Gasteiger partial charge in [-0.15, -0.1) is 10.2 Å². The highest BCUT2D eigenvalue weighted by Crippen LogP contribution is 2.27. The largest absolute Gasteiger partial charge is 0.351 e. The number of benzene rings is 2. The van der Waals surface area contributed by atoms with Crippen LogP contribution in [0.2, 0.25) is 0 Å². The molecule has 0 radical (unpaired) electrons. The van der Waals surface area contributed by atoms with Gasteiger partial charge in [0.2, 0.25) is 5.91 Å². The zero-order valence-electron chi connectivity index (χ0n) is 17.2. The van der Waals surface area contributed by atoms with Crippen LogP contribution in [0.15, 0.2) is 90.3 Å². The van der Waals surface area contributed by atoms with Crippen LogP contribution in [0, 0.1) is 0 Å². The molecular weight excluding hydrogens is 406 g/mol. The second-order valence-electron chi connectivity index (χ2n) is 7.08. The lowest BCUT2D eigenvalue weighted by Crippen LogP contribution is -2.30. The molecule has 7 heteroatoms. The first-order valence-electron chi connectivity index (χ1n) is 10.1. The molecule has 156 valence electrons. The zero-order valence-corrected chi connectivity index (χ0v) is 18.0. The minimum Gasteiger partial charge on any atom is -0.351 e. The van der Waals surface area contributed by atoms with Crippen molar-refractivity contribution in [2.45, 2.75) is 30.4 Å². The third-order valence-corrected chi connectivity index (χ3v) is 5.88. The van der Waals surface area contributed by atoms with Gasteiger partial charge in [-0.2, -0.15) is 0 Å². The van der Waals surface area contributed by atoms with Crippen molar-refractivity contribution in [2.24, 2.45) is 0 Å². The van der Waals surface area contributed by atoms with E-state index in [0.29, 0.717) is 18.2 Å². The van der Waals surface area contributed by atoms with Gasteiger partial charge in [0.15, 0.2) is 11.0 Å². The number of amides is 1. The number of carbonyl (C=O) groups excluding carboxylic acids is 1. The molecule has 6 nitrogen and oxygen atoms in total. The van der Waals surface area contributed by atoms with E-state index in [4.69, 9.17) is 0 Å². The van der Waals surface area contributed by atoms with Gasteiger partial charge in [0.05, 0.1) is 11.8 Å². The molecule has 2 aromatic heterocycles. The fourth-order valence-electron chi connectivity index (χ4n) is 3.14. The molecule has 1 N–H and O–H groups in total. The summed E-state index contributed by atoms with van der Waals surface area (Å²) >= 11 is 1.41. The number of hydrogen-bond acceptors (Lipinski definition) is 5. The van der Waals surface area contributed by atoms with Crippen molar-refractivity contribution in [1.29, 1.82) is 0 Å². The molecule has 0 aliphatic carbocycles. The fourth-order valence-corrected chi connectivity index (χ4v) is 4.01. The van der Waals surface area contributed by atoms with E-state index in [1.165, 1.54) is 11.8 Å². The van der Waals surface area contributed by atoms with Crippen molar-refractivity contribution >= 4 is 17.7 Å². The lowest BCUT2D eigenvalue weighted by molar-refractivity contribution is -0.120. The van der Waals surface area contributed by atoms with E-state index in [9.17, 15) is 4.79 Å². The van der Waals surface area contributed by atoms with Crippen LogP contribution < -0.4 is 5.32 Å². The number of hydrogen-bond donors (Lipinski definition) is 1. The highest BCUT2D eigenvalue weighted by Gasteiger charge is 2.21. The number of carbonyl (C=O) groups is 1. The van der Waals surface area contributed by atoms with E-state index in [2.05, 4.69) is 37.2 Å². The van der Waals surface area contributed by atoms with Crippen LogP contribution in [0.25, 0.3) is 11.4 Å². The quantitative estimate of drug-likeness (QED) is 0.425. The molecule has 1 unspecified atom stereocenters. The topological polar surface area (TPSA) is 72.7 Å². The fraction of sp³-hybridized carbons (Fsp3) is 0.167. The van der Waals surface area contributed by atoms with Crippen LogP contribution in [-0.2, 0) is 17.9 Å². The molecular formula is C24H23N5OS. The van der Waals surface area contributed by atoms with Crippen LogP contribution >= 0.6 is 11.8 Å². The third-order valence-electron chi connectivity index (χ3n) is 4.80. The molecule has 0 saturated heterocycles. The van der Waals surface area contributed by atoms with Crippen LogP contribution in [-0.4, -0.2) is 30.9 Å². The average molecular weight is 430 g/mol. The zero-order chi connectivity index (χ0) is 21.5.